The molecule has 3 rings (SSSR count). The third kappa shape index (κ3) is 4.57. The molecule has 1 heterocycles. The average Bonchev–Trinajstić information content (AvgIpc) is 3.02. The summed E-state index contributed by atoms with van der Waals surface area (Å²) in [5.74, 6) is 0.583. The number of nitrogens with one attached hydrogen (secondary N) is 1. The minimum absolute atomic E-state index is 0.0469. The number of carbonyl (C=O) groups excluding carboxylic acids is 1. The molecule has 0 aliphatic carbocycles. The van der Waals surface area contributed by atoms with Gasteiger partial charge < -0.3 is 9.15 Å². The van der Waals surface area contributed by atoms with Crippen LogP contribution >= 0.6 is 11.6 Å². The van der Waals surface area contributed by atoms with Gasteiger partial charge in [0.1, 0.15) is 5.75 Å². The Balaban J connectivity index is 1.50. The zero-order chi connectivity index (χ0) is 16.8. The van der Waals surface area contributed by atoms with Crippen molar-refractivity contribution >= 4 is 23.5 Å². The van der Waals surface area contributed by atoms with Crippen molar-refractivity contribution < 1.29 is 13.9 Å². The van der Waals surface area contributed by atoms with Crippen LogP contribution in [0, 0.1) is 0 Å². The SMILES string of the molecule is O=C(COc1ccc(Cl)cc1)Nc1nnc(Cc2ccccc2)o1. The van der Waals surface area contributed by atoms with E-state index in [1.807, 2.05) is 30.3 Å². The van der Waals surface area contributed by atoms with E-state index in [4.69, 9.17) is 20.8 Å². The second-order valence-corrected chi connectivity index (χ2v) is 5.39. The molecule has 24 heavy (non-hydrogen) atoms. The molecule has 0 spiro atoms. The summed E-state index contributed by atoms with van der Waals surface area (Å²) >= 11 is 5.78. The number of anilines is 1. The number of hydrogen-bond donors (Lipinski definition) is 1. The third-order valence-corrected chi connectivity index (χ3v) is 3.35. The van der Waals surface area contributed by atoms with Crippen LogP contribution in [-0.4, -0.2) is 22.7 Å². The Bertz CT molecular complexity index is 803. The van der Waals surface area contributed by atoms with Crippen LogP contribution in [0.25, 0.3) is 0 Å². The van der Waals surface area contributed by atoms with Crippen LogP contribution in [0.2, 0.25) is 5.02 Å². The average molecular weight is 344 g/mol. The molecule has 0 saturated heterocycles. The smallest absolute Gasteiger partial charge is 0.322 e. The van der Waals surface area contributed by atoms with Crippen LogP contribution in [0.1, 0.15) is 11.5 Å². The fourth-order valence-electron chi connectivity index (χ4n) is 1.98. The van der Waals surface area contributed by atoms with E-state index in [0.29, 0.717) is 23.1 Å². The first-order valence-corrected chi connectivity index (χ1v) is 7.61. The zero-order valence-corrected chi connectivity index (χ0v) is 13.4. The summed E-state index contributed by atoms with van der Waals surface area (Å²) in [6.07, 6.45) is 0.505. The van der Waals surface area contributed by atoms with Crippen LogP contribution in [-0.2, 0) is 11.2 Å². The van der Waals surface area contributed by atoms with Crippen LogP contribution in [0.4, 0.5) is 6.01 Å². The number of nitrogens with zero attached hydrogens (tertiary/aromatic N) is 2. The van der Waals surface area contributed by atoms with Gasteiger partial charge in [0, 0.05) is 5.02 Å². The summed E-state index contributed by atoms with van der Waals surface area (Å²) in [6.45, 7) is -0.169. The number of aromatic nitrogens is 2. The maximum absolute atomic E-state index is 11.8. The normalized spacial score (nSPS) is 10.4. The lowest BCUT2D eigenvalue weighted by Crippen LogP contribution is -2.20. The Morgan fingerprint density at radius 2 is 1.83 bits per heavy atom. The molecule has 1 aromatic heterocycles. The van der Waals surface area contributed by atoms with Crippen molar-refractivity contribution in [3.63, 3.8) is 0 Å². The number of benzene rings is 2. The Morgan fingerprint density at radius 3 is 2.58 bits per heavy atom. The summed E-state index contributed by atoms with van der Waals surface area (Å²) in [7, 11) is 0. The van der Waals surface area contributed by atoms with Gasteiger partial charge in [0.15, 0.2) is 6.61 Å². The van der Waals surface area contributed by atoms with E-state index in [0.717, 1.165) is 5.56 Å². The van der Waals surface area contributed by atoms with Crippen molar-refractivity contribution in [2.45, 2.75) is 6.42 Å². The molecule has 122 valence electrons. The van der Waals surface area contributed by atoms with Crippen molar-refractivity contribution in [3.8, 4) is 5.75 Å². The van der Waals surface area contributed by atoms with E-state index < -0.39 is 0 Å². The van der Waals surface area contributed by atoms with Gasteiger partial charge in [0.2, 0.25) is 5.89 Å². The van der Waals surface area contributed by atoms with E-state index in [9.17, 15) is 4.79 Å². The largest absolute Gasteiger partial charge is 0.484 e. The summed E-state index contributed by atoms with van der Waals surface area (Å²) in [5, 5.41) is 10.8. The fraction of sp³-hybridized carbons (Fsp3) is 0.118. The van der Waals surface area contributed by atoms with E-state index in [-0.39, 0.29) is 18.5 Å². The maximum Gasteiger partial charge on any atom is 0.322 e. The predicted octanol–water partition coefficient (Wildman–Crippen LogP) is 3.33. The number of amides is 1. The van der Waals surface area contributed by atoms with Gasteiger partial charge in [-0.1, -0.05) is 47.0 Å². The summed E-state index contributed by atoms with van der Waals surface area (Å²) < 4.78 is 10.7. The lowest BCUT2D eigenvalue weighted by molar-refractivity contribution is -0.118. The van der Waals surface area contributed by atoms with Gasteiger partial charge in [0.05, 0.1) is 6.42 Å². The van der Waals surface area contributed by atoms with E-state index >= 15 is 0 Å². The number of carbonyl (C=O) groups is 1. The highest BCUT2D eigenvalue weighted by molar-refractivity contribution is 6.30. The molecule has 1 amide bonds. The van der Waals surface area contributed by atoms with Gasteiger partial charge in [-0.05, 0) is 29.8 Å². The van der Waals surface area contributed by atoms with Gasteiger partial charge in [-0.25, -0.2) is 0 Å². The minimum atomic E-state index is -0.389. The molecule has 0 aliphatic rings. The van der Waals surface area contributed by atoms with Gasteiger partial charge >= 0.3 is 6.01 Å². The van der Waals surface area contributed by atoms with Crippen molar-refractivity contribution in [2.75, 3.05) is 11.9 Å². The maximum atomic E-state index is 11.8. The number of hydrogen-bond acceptors (Lipinski definition) is 5. The molecular formula is C17H14ClN3O3. The number of halogens is 1. The minimum Gasteiger partial charge on any atom is -0.484 e. The van der Waals surface area contributed by atoms with E-state index in [1.165, 1.54) is 0 Å². The second-order valence-electron chi connectivity index (χ2n) is 4.95. The molecule has 3 aromatic rings. The van der Waals surface area contributed by atoms with Gasteiger partial charge in [-0.3, -0.25) is 10.1 Å². The highest BCUT2D eigenvalue weighted by Crippen LogP contribution is 2.15. The Kier molecular flexibility index (Phi) is 5.08. The lowest BCUT2D eigenvalue weighted by Gasteiger charge is -2.05. The van der Waals surface area contributed by atoms with Crippen LogP contribution in [0.5, 0.6) is 5.75 Å². The molecule has 0 unspecified atom stereocenters. The summed E-state index contributed by atoms with van der Waals surface area (Å²) in [4.78, 5) is 11.8. The molecule has 0 aliphatic heterocycles. The molecule has 7 heteroatoms. The fourth-order valence-corrected chi connectivity index (χ4v) is 2.11. The molecule has 0 bridgehead atoms. The first-order chi connectivity index (χ1) is 11.7. The molecule has 1 N–H and O–H groups in total. The second kappa shape index (κ2) is 7.61. The number of ether oxygens (including phenoxy) is 1. The Morgan fingerprint density at radius 1 is 1.08 bits per heavy atom. The molecule has 6 nitrogen and oxygen atoms in total. The Hall–Kier alpha value is -2.86. The molecular weight excluding hydrogens is 330 g/mol. The molecule has 0 fully saturated rings. The molecule has 0 radical (unpaired) electrons. The van der Waals surface area contributed by atoms with Crippen molar-refractivity contribution in [1.29, 1.82) is 0 Å². The van der Waals surface area contributed by atoms with E-state index in [2.05, 4.69) is 15.5 Å². The van der Waals surface area contributed by atoms with Crippen molar-refractivity contribution in [1.82, 2.24) is 10.2 Å². The first-order valence-electron chi connectivity index (χ1n) is 7.23. The van der Waals surface area contributed by atoms with Crippen molar-refractivity contribution in [2.24, 2.45) is 0 Å². The predicted molar refractivity (Wildman–Crippen MR) is 89.1 cm³/mol. The zero-order valence-electron chi connectivity index (χ0n) is 12.6. The van der Waals surface area contributed by atoms with Crippen LogP contribution in [0.3, 0.4) is 0 Å². The van der Waals surface area contributed by atoms with Gasteiger partial charge in [-0.2, -0.15) is 0 Å². The van der Waals surface area contributed by atoms with E-state index in [1.54, 1.807) is 24.3 Å². The third-order valence-electron chi connectivity index (χ3n) is 3.09. The number of rotatable bonds is 6. The van der Waals surface area contributed by atoms with Crippen molar-refractivity contribution in [3.05, 3.63) is 71.1 Å². The van der Waals surface area contributed by atoms with Gasteiger partial charge in [-0.15, -0.1) is 5.10 Å². The first kappa shape index (κ1) is 16.0. The molecule has 0 saturated carbocycles. The van der Waals surface area contributed by atoms with Gasteiger partial charge in [0.25, 0.3) is 5.91 Å². The topological polar surface area (TPSA) is 77.2 Å². The molecule has 2 aromatic carbocycles. The van der Waals surface area contributed by atoms with Crippen LogP contribution < -0.4 is 10.1 Å². The monoisotopic (exact) mass is 343 g/mol. The molecule has 0 atom stereocenters. The van der Waals surface area contributed by atoms with Crippen LogP contribution in [0.15, 0.2) is 59.0 Å². The quantitative estimate of drug-likeness (QED) is 0.742. The standard InChI is InChI=1S/C17H14ClN3O3/c18-13-6-8-14(9-7-13)23-11-15(22)19-17-21-20-16(24-17)10-12-4-2-1-3-5-12/h1-9H,10-11H2,(H,19,21,22). The summed E-state index contributed by atoms with van der Waals surface area (Å²) in [6, 6.07) is 16.5. The highest BCUT2D eigenvalue weighted by Gasteiger charge is 2.11. The lowest BCUT2D eigenvalue weighted by atomic mass is 10.2. The highest BCUT2D eigenvalue weighted by atomic mass is 35.5. The summed E-state index contributed by atoms with van der Waals surface area (Å²) in [5.41, 5.74) is 1.05. The Labute approximate surface area is 143 Å².